The highest BCUT2D eigenvalue weighted by atomic mass is 28.4. The van der Waals surface area contributed by atoms with Gasteiger partial charge in [-0.3, -0.25) is 4.90 Å². The normalized spacial score (nSPS) is 24.9. The smallest absolute Gasteiger partial charge is 0.191 e. The standard InChI is InChI=1S/C11H24FNO2Si/c1-4-10(12)8-16(2,3)15-9-13-6-5-11(14)7-13/h10-11,14H,4-9H2,1-3H3/t10?,11-/m1/s1. The first-order valence-electron chi connectivity index (χ1n) is 6.11. The van der Waals surface area contributed by atoms with Crippen LogP contribution in [0.2, 0.25) is 19.1 Å². The van der Waals surface area contributed by atoms with Crippen LogP contribution in [0.25, 0.3) is 0 Å². The maximum absolute atomic E-state index is 13.3. The van der Waals surface area contributed by atoms with Crippen LogP contribution in [0, 0.1) is 0 Å². The third kappa shape index (κ3) is 4.91. The van der Waals surface area contributed by atoms with Gasteiger partial charge in [0.1, 0.15) is 0 Å². The van der Waals surface area contributed by atoms with Crippen molar-refractivity contribution < 1.29 is 13.9 Å². The van der Waals surface area contributed by atoms with Crippen LogP contribution in [0.5, 0.6) is 0 Å². The van der Waals surface area contributed by atoms with Crippen molar-refractivity contribution in [1.82, 2.24) is 4.90 Å². The number of nitrogens with zero attached hydrogens (tertiary/aromatic N) is 1. The Morgan fingerprint density at radius 2 is 2.25 bits per heavy atom. The fourth-order valence-electron chi connectivity index (χ4n) is 1.93. The Bertz CT molecular complexity index is 216. The highest BCUT2D eigenvalue weighted by molar-refractivity contribution is 6.71. The summed E-state index contributed by atoms with van der Waals surface area (Å²) >= 11 is 0. The number of halogens is 1. The number of likely N-dealkylation sites (tertiary alicyclic amines) is 1. The van der Waals surface area contributed by atoms with E-state index in [1.54, 1.807) is 0 Å². The quantitative estimate of drug-likeness (QED) is 0.731. The average Bonchev–Trinajstić information content (AvgIpc) is 2.61. The molecule has 1 unspecified atom stereocenters. The van der Waals surface area contributed by atoms with E-state index in [0.717, 1.165) is 13.0 Å². The van der Waals surface area contributed by atoms with Gasteiger partial charge in [0.15, 0.2) is 8.32 Å². The zero-order valence-electron chi connectivity index (χ0n) is 10.6. The Balaban J connectivity index is 2.24. The maximum Gasteiger partial charge on any atom is 0.191 e. The van der Waals surface area contributed by atoms with Crippen LogP contribution in [0.3, 0.4) is 0 Å². The van der Waals surface area contributed by atoms with Gasteiger partial charge in [0, 0.05) is 13.1 Å². The molecule has 3 nitrogen and oxygen atoms in total. The fourth-order valence-corrected chi connectivity index (χ4v) is 3.94. The second-order valence-corrected chi connectivity index (χ2v) is 9.48. The Morgan fingerprint density at radius 1 is 1.56 bits per heavy atom. The van der Waals surface area contributed by atoms with Crippen molar-refractivity contribution in [3.8, 4) is 0 Å². The minimum atomic E-state index is -1.88. The van der Waals surface area contributed by atoms with E-state index < -0.39 is 14.5 Å². The Hall–Kier alpha value is 0.0269. The van der Waals surface area contributed by atoms with E-state index in [0.29, 0.717) is 25.7 Å². The van der Waals surface area contributed by atoms with Crippen molar-refractivity contribution in [2.24, 2.45) is 0 Å². The number of aliphatic hydroxyl groups excluding tert-OH is 1. The zero-order chi connectivity index (χ0) is 12.2. The summed E-state index contributed by atoms with van der Waals surface area (Å²) in [5.41, 5.74) is 0. The van der Waals surface area contributed by atoms with Crippen molar-refractivity contribution in [2.45, 2.75) is 51.2 Å². The van der Waals surface area contributed by atoms with E-state index in [9.17, 15) is 9.50 Å². The minimum absolute atomic E-state index is 0.210. The van der Waals surface area contributed by atoms with Crippen molar-refractivity contribution >= 4 is 8.32 Å². The Morgan fingerprint density at radius 3 is 2.75 bits per heavy atom. The van der Waals surface area contributed by atoms with E-state index >= 15 is 0 Å². The predicted octanol–water partition coefficient (Wildman–Crippen LogP) is 1.98. The molecule has 0 aromatic heterocycles. The molecule has 1 N–H and O–H groups in total. The van der Waals surface area contributed by atoms with Crippen LogP contribution in [-0.4, -0.2) is 50.4 Å². The molecule has 0 aromatic rings. The predicted molar refractivity (Wildman–Crippen MR) is 65.6 cm³/mol. The molecule has 0 bridgehead atoms. The molecule has 1 saturated heterocycles. The van der Waals surface area contributed by atoms with Gasteiger partial charge in [-0.2, -0.15) is 0 Å². The van der Waals surface area contributed by atoms with Crippen LogP contribution in [0.1, 0.15) is 19.8 Å². The third-order valence-corrected chi connectivity index (χ3v) is 5.38. The lowest BCUT2D eigenvalue weighted by Gasteiger charge is -2.27. The number of β-amino-alcohol motifs (C(OH)–C–C–N with tert-alkyl or cyclic N) is 1. The molecule has 1 rings (SSSR count). The molecule has 0 aliphatic carbocycles. The van der Waals surface area contributed by atoms with Gasteiger partial charge in [0.25, 0.3) is 0 Å². The Kier molecular flexibility index (Phi) is 5.37. The number of hydrogen-bond acceptors (Lipinski definition) is 3. The molecule has 0 aromatic carbocycles. The van der Waals surface area contributed by atoms with E-state index in [1.165, 1.54) is 0 Å². The molecule has 16 heavy (non-hydrogen) atoms. The lowest BCUT2D eigenvalue weighted by molar-refractivity contribution is 0.116. The monoisotopic (exact) mass is 249 g/mol. The van der Waals surface area contributed by atoms with Crippen LogP contribution < -0.4 is 0 Å². The van der Waals surface area contributed by atoms with E-state index in [4.69, 9.17) is 4.43 Å². The number of aliphatic hydroxyl groups is 1. The first-order valence-corrected chi connectivity index (χ1v) is 9.23. The van der Waals surface area contributed by atoms with E-state index in [1.807, 2.05) is 6.92 Å². The van der Waals surface area contributed by atoms with Crippen LogP contribution in [-0.2, 0) is 4.43 Å². The van der Waals surface area contributed by atoms with Gasteiger partial charge >= 0.3 is 0 Å². The maximum atomic E-state index is 13.3. The molecule has 0 spiro atoms. The molecule has 0 radical (unpaired) electrons. The average molecular weight is 249 g/mol. The zero-order valence-corrected chi connectivity index (χ0v) is 11.6. The summed E-state index contributed by atoms with van der Waals surface area (Å²) in [6.07, 6.45) is 0.456. The molecule has 5 heteroatoms. The van der Waals surface area contributed by atoms with E-state index in [-0.39, 0.29) is 6.10 Å². The lowest BCUT2D eigenvalue weighted by Crippen LogP contribution is -2.38. The highest BCUT2D eigenvalue weighted by Crippen LogP contribution is 2.19. The molecular weight excluding hydrogens is 225 g/mol. The SMILES string of the molecule is CCC(F)C[Si](C)(C)OCN1CC[C@@H](O)C1. The number of alkyl halides is 1. The van der Waals surface area contributed by atoms with E-state index in [2.05, 4.69) is 18.0 Å². The third-order valence-electron chi connectivity index (χ3n) is 3.04. The topological polar surface area (TPSA) is 32.7 Å². The van der Waals surface area contributed by atoms with Crippen molar-refractivity contribution in [3.05, 3.63) is 0 Å². The molecular formula is C11H24FNO2Si. The van der Waals surface area contributed by atoms with Crippen LogP contribution >= 0.6 is 0 Å². The van der Waals surface area contributed by atoms with Crippen LogP contribution in [0.15, 0.2) is 0 Å². The van der Waals surface area contributed by atoms with Crippen molar-refractivity contribution in [3.63, 3.8) is 0 Å². The molecule has 1 aliphatic rings. The lowest BCUT2D eigenvalue weighted by atomic mass is 10.3. The Labute approximate surface area is 98.7 Å². The summed E-state index contributed by atoms with van der Waals surface area (Å²) < 4.78 is 19.1. The van der Waals surface area contributed by atoms with Gasteiger partial charge < -0.3 is 9.53 Å². The molecule has 96 valence electrons. The molecule has 1 aliphatic heterocycles. The molecule has 1 heterocycles. The highest BCUT2D eigenvalue weighted by Gasteiger charge is 2.28. The second kappa shape index (κ2) is 6.09. The first-order chi connectivity index (χ1) is 7.43. The summed E-state index contributed by atoms with van der Waals surface area (Å²) in [6.45, 7) is 8.11. The van der Waals surface area contributed by atoms with Gasteiger partial charge in [-0.25, -0.2) is 4.39 Å². The van der Waals surface area contributed by atoms with Crippen molar-refractivity contribution in [2.75, 3.05) is 19.8 Å². The number of hydrogen-bond donors (Lipinski definition) is 1. The molecule has 0 amide bonds. The summed E-state index contributed by atoms with van der Waals surface area (Å²) in [4.78, 5) is 2.10. The van der Waals surface area contributed by atoms with Crippen molar-refractivity contribution in [1.29, 1.82) is 0 Å². The second-order valence-electron chi connectivity index (χ2n) is 5.26. The summed E-state index contributed by atoms with van der Waals surface area (Å²) in [7, 11) is -1.88. The summed E-state index contributed by atoms with van der Waals surface area (Å²) in [5, 5.41) is 9.37. The minimum Gasteiger partial charge on any atom is -0.405 e. The fraction of sp³-hybridized carbons (Fsp3) is 1.00. The largest absolute Gasteiger partial charge is 0.405 e. The van der Waals surface area contributed by atoms with Gasteiger partial charge in [-0.05, 0) is 32.0 Å². The van der Waals surface area contributed by atoms with Gasteiger partial charge in [0.2, 0.25) is 0 Å². The van der Waals surface area contributed by atoms with Gasteiger partial charge in [0.05, 0.1) is 19.0 Å². The van der Waals surface area contributed by atoms with Gasteiger partial charge in [-0.15, -0.1) is 0 Å². The number of rotatable bonds is 6. The molecule has 1 fully saturated rings. The summed E-state index contributed by atoms with van der Waals surface area (Å²) in [5.74, 6) is 0. The first kappa shape index (κ1) is 14.1. The molecule has 0 saturated carbocycles. The molecule has 2 atom stereocenters. The van der Waals surface area contributed by atoms with Gasteiger partial charge in [-0.1, -0.05) is 6.92 Å². The summed E-state index contributed by atoms with van der Waals surface area (Å²) in [6, 6.07) is 0.569. The van der Waals surface area contributed by atoms with Crippen LogP contribution in [0.4, 0.5) is 4.39 Å².